The molecule has 0 aliphatic carbocycles. The lowest BCUT2D eigenvalue weighted by Crippen LogP contribution is -2.36. The molecule has 0 aromatic heterocycles. The van der Waals surface area contributed by atoms with Crippen LogP contribution in [0.1, 0.15) is 44.4 Å². The molecular weight excluding hydrogens is 324 g/mol. The van der Waals surface area contributed by atoms with Crippen LogP contribution in [0.2, 0.25) is 0 Å². The molecule has 0 atom stereocenters. The molecule has 0 aliphatic heterocycles. The van der Waals surface area contributed by atoms with Gasteiger partial charge in [0.25, 0.3) is 0 Å². The van der Waals surface area contributed by atoms with E-state index < -0.39 is 0 Å². The van der Waals surface area contributed by atoms with E-state index in [4.69, 9.17) is 0 Å². The van der Waals surface area contributed by atoms with Crippen LogP contribution in [0.25, 0.3) is 0 Å². The van der Waals surface area contributed by atoms with Gasteiger partial charge in [-0.25, -0.2) is 0 Å². The lowest BCUT2D eigenvalue weighted by Gasteiger charge is -2.21. The number of rotatable bonds is 5. The minimum atomic E-state index is -0.198. The zero-order valence-corrected chi connectivity index (χ0v) is 16.3. The lowest BCUT2D eigenvalue weighted by atomic mass is 9.87. The predicted octanol–water partition coefficient (Wildman–Crippen LogP) is 4.28. The van der Waals surface area contributed by atoms with Crippen molar-refractivity contribution in [2.75, 3.05) is 11.9 Å². The van der Waals surface area contributed by atoms with Gasteiger partial charge >= 0.3 is 0 Å². The van der Waals surface area contributed by atoms with E-state index in [9.17, 15) is 9.59 Å². The van der Waals surface area contributed by atoms with Gasteiger partial charge in [0, 0.05) is 19.2 Å². The molecule has 0 saturated carbocycles. The highest BCUT2D eigenvalue weighted by molar-refractivity contribution is 5.94. The molecule has 4 heteroatoms. The van der Waals surface area contributed by atoms with Crippen molar-refractivity contribution < 1.29 is 9.59 Å². The fourth-order valence-corrected chi connectivity index (χ4v) is 2.62. The van der Waals surface area contributed by atoms with Crippen molar-refractivity contribution in [3.63, 3.8) is 0 Å². The maximum Gasteiger partial charge on any atom is 0.244 e. The molecular formula is C22H28N2O2. The molecule has 0 spiro atoms. The standard InChI is InChI=1S/C22H28N2O2/c1-16-6-8-18(9-7-16)14-24(17(2)25)15-21(26)23-20-12-10-19(11-13-20)22(3,4)5/h6-13H,14-15H2,1-5H3,(H,23,26). The van der Waals surface area contributed by atoms with Crippen molar-refractivity contribution in [2.45, 2.75) is 46.6 Å². The highest BCUT2D eigenvalue weighted by atomic mass is 16.2. The van der Waals surface area contributed by atoms with Gasteiger partial charge in [-0.2, -0.15) is 0 Å². The van der Waals surface area contributed by atoms with Crippen LogP contribution in [0.5, 0.6) is 0 Å². The van der Waals surface area contributed by atoms with Gasteiger partial charge in [0.15, 0.2) is 0 Å². The summed E-state index contributed by atoms with van der Waals surface area (Å²) < 4.78 is 0. The lowest BCUT2D eigenvalue weighted by molar-refractivity contribution is -0.133. The molecule has 26 heavy (non-hydrogen) atoms. The van der Waals surface area contributed by atoms with Gasteiger partial charge in [-0.3, -0.25) is 9.59 Å². The second kappa shape index (κ2) is 8.17. The second-order valence-electron chi connectivity index (χ2n) is 7.74. The van der Waals surface area contributed by atoms with E-state index in [1.807, 2.05) is 55.5 Å². The van der Waals surface area contributed by atoms with Crippen LogP contribution in [-0.2, 0) is 21.5 Å². The van der Waals surface area contributed by atoms with Crippen LogP contribution in [0, 0.1) is 6.92 Å². The van der Waals surface area contributed by atoms with Crippen molar-refractivity contribution in [3.05, 3.63) is 65.2 Å². The number of hydrogen-bond acceptors (Lipinski definition) is 2. The number of amides is 2. The van der Waals surface area contributed by atoms with Crippen LogP contribution in [-0.4, -0.2) is 23.3 Å². The Balaban J connectivity index is 1.99. The Hall–Kier alpha value is -2.62. The molecule has 0 radical (unpaired) electrons. The molecule has 2 aromatic rings. The van der Waals surface area contributed by atoms with Gasteiger partial charge in [-0.05, 0) is 35.6 Å². The average molecular weight is 352 g/mol. The Morgan fingerprint density at radius 1 is 0.962 bits per heavy atom. The number of anilines is 1. The Morgan fingerprint density at radius 3 is 2.04 bits per heavy atom. The highest BCUT2D eigenvalue weighted by Crippen LogP contribution is 2.23. The van der Waals surface area contributed by atoms with Crippen LogP contribution in [0.4, 0.5) is 5.69 Å². The zero-order chi connectivity index (χ0) is 19.3. The van der Waals surface area contributed by atoms with Crippen molar-refractivity contribution in [3.8, 4) is 0 Å². The molecule has 0 heterocycles. The minimum absolute atomic E-state index is 0.0320. The zero-order valence-electron chi connectivity index (χ0n) is 16.3. The summed E-state index contributed by atoms with van der Waals surface area (Å²) in [5, 5.41) is 2.87. The molecule has 4 nitrogen and oxygen atoms in total. The molecule has 0 aliphatic rings. The summed E-state index contributed by atoms with van der Waals surface area (Å²) >= 11 is 0. The molecule has 2 rings (SSSR count). The SMILES string of the molecule is CC(=O)N(CC(=O)Nc1ccc(C(C)(C)C)cc1)Cc1ccc(C)cc1. The number of benzene rings is 2. The van der Waals surface area contributed by atoms with Crippen molar-refractivity contribution in [2.24, 2.45) is 0 Å². The number of nitrogens with zero attached hydrogens (tertiary/aromatic N) is 1. The largest absolute Gasteiger partial charge is 0.329 e. The van der Waals surface area contributed by atoms with E-state index in [1.54, 1.807) is 4.90 Å². The van der Waals surface area contributed by atoms with Gasteiger partial charge in [0.2, 0.25) is 11.8 Å². The fourth-order valence-electron chi connectivity index (χ4n) is 2.62. The summed E-state index contributed by atoms with van der Waals surface area (Å²) in [4.78, 5) is 25.8. The summed E-state index contributed by atoms with van der Waals surface area (Å²) in [5.41, 5.74) is 4.19. The maximum atomic E-state index is 12.3. The van der Waals surface area contributed by atoms with Gasteiger partial charge in [-0.15, -0.1) is 0 Å². The Kier molecular flexibility index (Phi) is 6.19. The molecule has 138 valence electrons. The number of hydrogen-bond donors (Lipinski definition) is 1. The summed E-state index contributed by atoms with van der Waals surface area (Å²) in [7, 11) is 0. The minimum Gasteiger partial charge on any atom is -0.329 e. The smallest absolute Gasteiger partial charge is 0.244 e. The van der Waals surface area contributed by atoms with Crippen molar-refractivity contribution >= 4 is 17.5 Å². The van der Waals surface area contributed by atoms with Crippen LogP contribution >= 0.6 is 0 Å². The number of nitrogens with one attached hydrogen (secondary N) is 1. The van der Waals surface area contributed by atoms with E-state index >= 15 is 0 Å². The number of carbonyl (C=O) groups excluding carboxylic acids is 2. The predicted molar refractivity (Wildman–Crippen MR) is 106 cm³/mol. The first-order valence-electron chi connectivity index (χ1n) is 8.86. The van der Waals surface area contributed by atoms with E-state index in [-0.39, 0.29) is 23.8 Å². The monoisotopic (exact) mass is 352 g/mol. The highest BCUT2D eigenvalue weighted by Gasteiger charge is 2.16. The molecule has 2 aromatic carbocycles. The molecule has 0 unspecified atom stereocenters. The molecule has 0 saturated heterocycles. The van der Waals surface area contributed by atoms with Crippen LogP contribution in [0.15, 0.2) is 48.5 Å². The van der Waals surface area contributed by atoms with E-state index in [0.29, 0.717) is 6.54 Å². The van der Waals surface area contributed by atoms with Gasteiger partial charge in [-0.1, -0.05) is 62.7 Å². The van der Waals surface area contributed by atoms with E-state index in [0.717, 1.165) is 11.3 Å². The van der Waals surface area contributed by atoms with Crippen molar-refractivity contribution in [1.82, 2.24) is 4.90 Å². The topological polar surface area (TPSA) is 49.4 Å². The molecule has 2 amide bonds. The fraction of sp³-hybridized carbons (Fsp3) is 0.364. The van der Waals surface area contributed by atoms with Crippen molar-refractivity contribution in [1.29, 1.82) is 0 Å². The summed E-state index contributed by atoms with van der Waals surface area (Å²) in [6.07, 6.45) is 0. The second-order valence-corrected chi connectivity index (χ2v) is 7.74. The number of carbonyl (C=O) groups is 2. The van der Waals surface area contributed by atoms with Gasteiger partial charge in [0.1, 0.15) is 6.54 Å². The first-order chi connectivity index (χ1) is 12.1. The Labute approximate surface area is 156 Å². The van der Waals surface area contributed by atoms with Gasteiger partial charge in [0.05, 0.1) is 0 Å². The Bertz CT molecular complexity index is 756. The Morgan fingerprint density at radius 2 is 1.54 bits per heavy atom. The summed E-state index contributed by atoms with van der Waals surface area (Å²) in [5.74, 6) is -0.320. The van der Waals surface area contributed by atoms with Crippen LogP contribution in [0.3, 0.4) is 0 Å². The van der Waals surface area contributed by atoms with E-state index in [1.165, 1.54) is 18.1 Å². The molecule has 0 bridgehead atoms. The number of aryl methyl sites for hydroxylation is 1. The average Bonchev–Trinajstić information content (AvgIpc) is 2.55. The van der Waals surface area contributed by atoms with Crippen LogP contribution < -0.4 is 5.32 Å². The molecule has 0 fully saturated rings. The first-order valence-corrected chi connectivity index (χ1v) is 8.86. The van der Waals surface area contributed by atoms with Gasteiger partial charge < -0.3 is 10.2 Å². The first kappa shape index (κ1) is 19.7. The normalized spacial score (nSPS) is 11.1. The third-order valence-electron chi connectivity index (χ3n) is 4.31. The molecule has 1 N–H and O–H groups in total. The third kappa shape index (κ3) is 5.73. The quantitative estimate of drug-likeness (QED) is 0.873. The third-order valence-corrected chi connectivity index (χ3v) is 4.31. The summed E-state index contributed by atoms with van der Waals surface area (Å²) in [6.45, 7) is 10.4. The maximum absolute atomic E-state index is 12.3. The van der Waals surface area contributed by atoms with E-state index in [2.05, 4.69) is 26.1 Å². The summed E-state index contributed by atoms with van der Waals surface area (Å²) in [6, 6.07) is 15.8.